The predicted molar refractivity (Wildman–Crippen MR) is 123 cm³/mol. The topological polar surface area (TPSA) is 50.6 Å². The molecule has 2 aromatic carbocycles. The maximum Gasteiger partial charge on any atom is 0.257 e. The number of aromatic nitrogens is 2. The lowest BCUT2D eigenvalue weighted by Gasteiger charge is -2.35. The fourth-order valence-electron chi connectivity index (χ4n) is 4.08. The Bertz CT molecular complexity index is 1050. The first-order valence-electron chi connectivity index (χ1n) is 10.7. The Labute approximate surface area is 184 Å². The molecule has 1 fully saturated rings. The zero-order chi connectivity index (χ0) is 22.0. The van der Waals surface area contributed by atoms with Crippen molar-refractivity contribution in [3.05, 3.63) is 65.9 Å². The number of amides is 1. The second-order valence-corrected chi connectivity index (χ2v) is 8.35. The van der Waals surface area contributed by atoms with E-state index >= 15 is 0 Å². The van der Waals surface area contributed by atoms with Crippen LogP contribution in [0.25, 0.3) is 16.9 Å². The summed E-state index contributed by atoms with van der Waals surface area (Å²) in [6, 6.07) is 16.1. The summed E-state index contributed by atoms with van der Waals surface area (Å²) in [6.45, 7) is 4.07. The highest BCUT2D eigenvalue weighted by atomic mass is 16.5. The number of carbonyl (C=O) groups excluding carboxylic acids is 1. The van der Waals surface area contributed by atoms with Crippen LogP contribution in [0.2, 0.25) is 0 Å². The highest BCUT2D eigenvalue weighted by molar-refractivity contribution is 6.00. The van der Waals surface area contributed by atoms with Gasteiger partial charge in [0.15, 0.2) is 0 Å². The molecule has 0 radical (unpaired) electrons. The molecule has 2 heterocycles. The summed E-state index contributed by atoms with van der Waals surface area (Å²) in [4.78, 5) is 17.8. The van der Waals surface area contributed by atoms with Crippen molar-refractivity contribution in [3.8, 4) is 22.7 Å². The Balaban J connectivity index is 1.73. The van der Waals surface area contributed by atoms with Crippen LogP contribution in [0.5, 0.6) is 5.75 Å². The molecule has 0 N–H and O–H groups in total. The molecule has 6 heteroatoms. The molecule has 0 saturated carbocycles. The number of rotatable bonds is 5. The van der Waals surface area contributed by atoms with Gasteiger partial charge < -0.3 is 14.5 Å². The molecule has 1 saturated heterocycles. The zero-order valence-electron chi connectivity index (χ0n) is 18.7. The molecule has 6 nitrogen and oxygen atoms in total. The second kappa shape index (κ2) is 8.94. The number of benzene rings is 2. The van der Waals surface area contributed by atoms with Gasteiger partial charge in [-0.2, -0.15) is 5.10 Å². The van der Waals surface area contributed by atoms with E-state index in [1.54, 1.807) is 11.8 Å². The van der Waals surface area contributed by atoms with Crippen molar-refractivity contribution in [1.29, 1.82) is 0 Å². The third kappa shape index (κ3) is 4.49. The molecule has 0 atom stereocenters. The molecule has 4 rings (SSSR count). The van der Waals surface area contributed by atoms with Crippen LogP contribution in [0.1, 0.15) is 28.8 Å². The monoisotopic (exact) mass is 418 g/mol. The van der Waals surface area contributed by atoms with Crippen molar-refractivity contribution in [2.24, 2.45) is 0 Å². The lowest BCUT2D eigenvalue weighted by Crippen LogP contribution is -2.44. The Morgan fingerprint density at radius 2 is 1.84 bits per heavy atom. The van der Waals surface area contributed by atoms with E-state index in [1.165, 1.54) is 5.56 Å². The molecule has 31 heavy (non-hydrogen) atoms. The van der Waals surface area contributed by atoms with Crippen molar-refractivity contribution >= 4 is 5.91 Å². The highest BCUT2D eigenvalue weighted by Crippen LogP contribution is 2.29. The molecule has 0 unspecified atom stereocenters. The van der Waals surface area contributed by atoms with Gasteiger partial charge in [0.1, 0.15) is 11.4 Å². The normalized spacial score (nSPS) is 15.1. The van der Waals surface area contributed by atoms with E-state index in [2.05, 4.69) is 18.9 Å². The Morgan fingerprint density at radius 3 is 2.52 bits per heavy atom. The Hall–Kier alpha value is -3.12. The van der Waals surface area contributed by atoms with E-state index in [9.17, 15) is 4.79 Å². The fraction of sp³-hybridized carbons (Fsp3) is 0.360. The SMILES string of the molecule is COc1cccc(-c2nn(-c3ccc(C)cc3)cc2C(=O)N(C)C2CCN(C)CC2)c1. The van der Waals surface area contributed by atoms with Crippen LogP contribution in [0.4, 0.5) is 0 Å². The quantitative estimate of drug-likeness (QED) is 0.628. The van der Waals surface area contributed by atoms with E-state index in [4.69, 9.17) is 9.84 Å². The summed E-state index contributed by atoms with van der Waals surface area (Å²) < 4.78 is 7.20. The van der Waals surface area contributed by atoms with Gasteiger partial charge in [-0.05, 0) is 64.2 Å². The number of hydrogen-bond acceptors (Lipinski definition) is 4. The fourth-order valence-corrected chi connectivity index (χ4v) is 4.08. The van der Waals surface area contributed by atoms with Gasteiger partial charge in [-0.15, -0.1) is 0 Å². The summed E-state index contributed by atoms with van der Waals surface area (Å²) in [6.07, 6.45) is 3.83. The van der Waals surface area contributed by atoms with Gasteiger partial charge in [0.25, 0.3) is 5.91 Å². The van der Waals surface area contributed by atoms with Crippen LogP contribution in [-0.2, 0) is 0 Å². The lowest BCUT2D eigenvalue weighted by molar-refractivity contribution is 0.0660. The Kier molecular flexibility index (Phi) is 6.09. The van der Waals surface area contributed by atoms with Crippen molar-refractivity contribution in [2.45, 2.75) is 25.8 Å². The summed E-state index contributed by atoms with van der Waals surface area (Å²) in [5.74, 6) is 0.746. The molecule has 1 aromatic heterocycles. The highest BCUT2D eigenvalue weighted by Gasteiger charge is 2.28. The summed E-state index contributed by atoms with van der Waals surface area (Å²) in [7, 11) is 5.69. The van der Waals surface area contributed by atoms with Crippen LogP contribution in [0, 0.1) is 6.92 Å². The number of aryl methyl sites for hydroxylation is 1. The van der Waals surface area contributed by atoms with Crippen LogP contribution < -0.4 is 4.74 Å². The first kappa shape index (κ1) is 21.1. The lowest BCUT2D eigenvalue weighted by atomic mass is 10.0. The Morgan fingerprint density at radius 1 is 1.13 bits per heavy atom. The third-order valence-electron chi connectivity index (χ3n) is 6.14. The maximum absolute atomic E-state index is 13.6. The van der Waals surface area contributed by atoms with E-state index in [0.717, 1.165) is 42.9 Å². The standard InChI is InChI=1S/C25H30N4O2/c1-18-8-10-21(11-9-18)29-17-23(24(26-29)19-6-5-7-22(16-19)31-4)25(30)28(3)20-12-14-27(2)15-13-20/h5-11,16-17,20H,12-15H2,1-4H3. The first-order valence-corrected chi connectivity index (χ1v) is 10.7. The van der Waals surface area contributed by atoms with Gasteiger partial charge in [0.2, 0.25) is 0 Å². The van der Waals surface area contributed by atoms with E-state index in [1.807, 2.05) is 66.7 Å². The summed E-state index contributed by atoms with van der Waals surface area (Å²) in [5, 5.41) is 4.82. The number of piperidine rings is 1. The zero-order valence-corrected chi connectivity index (χ0v) is 18.7. The number of nitrogens with zero attached hydrogens (tertiary/aromatic N) is 4. The molecule has 0 spiro atoms. The average molecular weight is 419 g/mol. The van der Waals surface area contributed by atoms with Gasteiger partial charge in [-0.1, -0.05) is 29.8 Å². The minimum absolute atomic E-state index is 0.00531. The predicted octanol–water partition coefficient (Wildman–Crippen LogP) is 4.02. The molecule has 0 aliphatic carbocycles. The van der Waals surface area contributed by atoms with Gasteiger partial charge in [0.05, 0.1) is 18.4 Å². The number of hydrogen-bond donors (Lipinski definition) is 0. The molecule has 0 bridgehead atoms. The molecular formula is C25H30N4O2. The van der Waals surface area contributed by atoms with Gasteiger partial charge >= 0.3 is 0 Å². The van der Waals surface area contributed by atoms with Gasteiger partial charge in [-0.3, -0.25) is 4.79 Å². The number of likely N-dealkylation sites (tertiary alicyclic amines) is 1. The average Bonchev–Trinajstić information content (AvgIpc) is 3.24. The maximum atomic E-state index is 13.6. The smallest absolute Gasteiger partial charge is 0.257 e. The van der Waals surface area contributed by atoms with Gasteiger partial charge in [0, 0.05) is 24.8 Å². The largest absolute Gasteiger partial charge is 0.497 e. The van der Waals surface area contributed by atoms with Crippen LogP contribution >= 0.6 is 0 Å². The van der Waals surface area contributed by atoms with Crippen molar-refractivity contribution < 1.29 is 9.53 Å². The molecule has 3 aromatic rings. The molecule has 1 aliphatic rings. The van der Waals surface area contributed by atoms with Crippen molar-refractivity contribution in [2.75, 3.05) is 34.3 Å². The van der Waals surface area contributed by atoms with E-state index in [0.29, 0.717) is 11.3 Å². The third-order valence-corrected chi connectivity index (χ3v) is 6.14. The molecule has 1 amide bonds. The second-order valence-electron chi connectivity index (χ2n) is 8.35. The molecule has 162 valence electrons. The molecular weight excluding hydrogens is 388 g/mol. The minimum Gasteiger partial charge on any atom is -0.497 e. The van der Waals surface area contributed by atoms with Crippen LogP contribution in [0.3, 0.4) is 0 Å². The number of ether oxygens (including phenoxy) is 1. The van der Waals surface area contributed by atoms with Gasteiger partial charge in [-0.25, -0.2) is 4.68 Å². The number of carbonyl (C=O) groups is 1. The summed E-state index contributed by atoms with van der Waals surface area (Å²) in [5.41, 5.74) is 4.25. The van der Waals surface area contributed by atoms with E-state index < -0.39 is 0 Å². The molecule has 1 aliphatic heterocycles. The first-order chi connectivity index (χ1) is 15.0. The van der Waals surface area contributed by atoms with Crippen molar-refractivity contribution in [1.82, 2.24) is 19.6 Å². The minimum atomic E-state index is 0.00531. The van der Waals surface area contributed by atoms with E-state index in [-0.39, 0.29) is 11.9 Å². The van der Waals surface area contributed by atoms with Crippen LogP contribution in [0.15, 0.2) is 54.7 Å². The van der Waals surface area contributed by atoms with Crippen molar-refractivity contribution in [3.63, 3.8) is 0 Å². The number of methoxy groups -OCH3 is 1. The summed E-state index contributed by atoms with van der Waals surface area (Å²) >= 11 is 0. The van der Waals surface area contributed by atoms with Crippen LogP contribution in [-0.4, -0.2) is 65.8 Å².